The van der Waals surface area contributed by atoms with Crippen molar-refractivity contribution in [2.75, 3.05) is 0 Å². The lowest BCUT2D eigenvalue weighted by Crippen LogP contribution is -2.35. The number of aromatic carboxylic acids is 1. The SMILES string of the molecule is CCCCCc1c(C[Si](CC)(CC)CC)cc(O)c(O)c1C(=O)O. The van der Waals surface area contributed by atoms with Gasteiger partial charge in [0, 0.05) is 0 Å². The Labute approximate surface area is 146 Å². The molecule has 0 radical (unpaired) electrons. The average molecular weight is 353 g/mol. The van der Waals surface area contributed by atoms with Gasteiger partial charge < -0.3 is 15.3 Å². The highest BCUT2D eigenvalue weighted by atomic mass is 28.3. The summed E-state index contributed by atoms with van der Waals surface area (Å²) in [5.74, 6) is -1.96. The van der Waals surface area contributed by atoms with E-state index in [0.29, 0.717) is 6.42 Å². The minimum absolute atomic E-state index is 0.104. The monoisotopic (exact) mass is 352 g/mol. The predicted molar refractivity (Wildman–Crippen MR) is 101 cm³/mol. The maximum atomic E-state index is 11.7. The van der Waals surface area contributed by atoms with Crippen LogP contribution in [0.1, 0.15) is 68.4 Å². The molecule has 0 bridgehead atoms. The molecule has 0 unspecified atom stereocenters. The molecule has 0 saturated carbocycles. The van der Waals surface area contributed by atoms with Gasteiger partial charge in [0.1, 0.15) is 5.56 Å². The Bertz CT molecular complexity index is 557. The van der Waals surface area contributed by atoms with Gasteiger partial charge in [-0.05, 0) is 36.1 Å². The van der Waals surface area contributed by atoms with Crippen LogP contribution in [0, 0.1) is 0 Å². The molecule has 24 heavy (non-hydrogen) atoms. The molecule has 0 aromatic heterocycles. The largest absolute Gasteiger partial charge is 0.504 e. The van der Waals surface area contributed by atoms with Crippen LogP contribution in [0.3, 0.4) is 0 Å². The molecular weight excluding hydrogens is 320 g/mol. The first-order chi connectivity index (χ1) is 11.4. The molecule has 1 rings (SSSR count). The highest BCUT2D eigenvalue weighted by Gasteiger charge is 2.30. The van der Waals surface area contributed by atoms with Gasteiger partial charge in [-0.2, -0.15) is 0 Å². The summed E-state index contributed by atoms with van der Waals surface area (Å²) in [6.07, 6.45) is 3.62. The number of carboxylic acids is 1. The lowest BCUT2D eigenvalue weighted by atomic mass is 9.95. The second kappa shape index (κ2) is 9.11. The zero-order chi connectivity index (χ0) is 18.3. The number of hydrogen-bond donors (Lipinski definition) is 3. The van der Waals surface area contributed by atoms with E-state index in [0.717, 1.165) is 54.6 Å². The molecule has 136 valence electrons. The first kappa shape index (κ1) is 20.6. The van der Waals surface area contributed by atoms with Gasteiger partial charge >= 0.3 is 5.97 Å². The Morgan fingerprint density at radius 3 is 2.08 bits per heavy atom. The third-order valence-electron chi connectivity index (χ3n) is 5.54. The fraction of sp³-hybridized carbons (Fsp3) is 0.632. The van der Waals surface area contributed by atoms with E-state index in [9.17, 15) is 20.1 Å². The van der Waals surface area contributed by atoms with Crippen LogP contribution < -0.4 is 0 Å². The summed E-state index contributed by atoms with van der Waals surface area (Å²) in [4.78, 5) is 11.7. The maximum absolute atomic E-state index is 11.7. The van der Waals surface area contributed by atoms with Crippen LogP contribution in [0.5, 0.6) is 11.5 Å². The van der Waals surface area contributed by atoms with Crippen molar-refractivity contribution in [2.45, 2.75) is 77.6 Å². The van der Waals surface area contributed by atoms with Crippen LogP contribution in [-0.2, 0) is 12.5 Å². The quantitative estimate of drug-likeness (QED) is 0.310. The highest BCUT2D eigenvalue weighted by molar-refractivity contribution is 6.79. The lowest BCUT2D eigenvalue weighted by Gasteiger charge is -2.30. The van der Waals surface area contributed by atoms with E-state index in [2.05, 4.69) is 27.7 Å². The molecule has 0 heterocycles. The Balaban J connectivity index is 3.42. The molecule has 0 saturated heterocycles. The number of aromatic hydroxyl groups is 2. The van der Waals surface area contributed by atoms with Crippen LogP contribution >= 0.6 is 0 Å². The molecule has 3 N–H and O–H groups in total. The number of phenolic OH excluding ortho intramolecular Hbond substituents is 1. The van der Waals surface area contributed by atoms with E-state index < -0.39 is 19.8 Å². The van der Waals surface area contributed by atoms with Crippen molar-refractivity contribution in [1.82, 2.24) is 0 Å². The van der Waals surface area contributed by atoms with Gasteiger partial charge in [0.15, 0.2) is 11.5 Å². The van der Waals surface area contributed by atoms with E-state index in [-0.39, 0.29) is 11.3 Å². The number of benzene rings is 1. The third kappa shape index (κ3) is 4.53. The highest BCUT2D eigenvalue weighted by Crippen LogP contribution is 2.37. The fourth-order valence-electron chi connectivity index (χ4n) is 3.51. The minimum Gasteiger partial charge on any atom is -0.504 e. The molecule has 4 nitrogen and oxygen atoms in total. The molecular formula is C19H32O4Si. The molecule has 1 aromatic carbocycles. The fourth-order valence-corrected chi connectivity index (χ4v) is 6.88. The average Bonchev–Trinajstić information content (AvgIpc) is 2.56. The molecule has 0 spiro atoms. The number of carboxylic acid groups (broad SMARTS) is 1. The summed E-state index contributed by atoms with van der Waals surface area (Å²) >= 11 is 0. The Morgan fingerprint density at radius 2 is 1.62 bits per heavy atom. The van der Waals surface area contributed by atoms with Crippen molar-refractivity contribution in [3.05, 3.63) is 22.8 Å². The Morgan fingerprint density at radius 1 is 1.04 bits per heavy atom. The molecule has 5 heteroatoms. The van der Waals surface area contributed by atoms with Gasteiger partial charge in [-0.15, -0.1) is 0 Å². The standard InChI is InChI=1S/C19H32O4Si/c1-5-9-10-11-15-14(13-24(6-2,7-3)8-4)12-16(20)18(21)17(15)19(22)23/h12,20-21H,5-11,13H2,1-4H3,(H,22,23). The van der Waals surface area contributed by atoms with Gasteiger partial charge in [-0.1, -0.05) is 58.7 Å². The maximum Gasteiger partial charge on any atom is 0.339 e. The van der Waals surface area contributed by atoms with Gasteiger partial charge in [-0.25, -0.2) is 4.79 Å². The minimum atomic E-state index is -1.52. The van der Waals surface area contributed by atoms with Crippen molar-refractivity contribution < 1.29 is 20.1 Å². The van der Waals surface area contributed by atoms with Gasteiger partial charge in [0.2, 0.25) is 0 Å². The van der Waals surface area contributed by atoms with E-state index in [1.54, 1.807) is 6.07 Å². The number of hydrogen-bond acceptors (Lipinski definition) is 3. The lowest BCUT2D eigenvalue weighted by molar-refractivity contribution is 0.0691. The van der Waals surface area contributed by atoms with Crippen molar-refractivity contribution in [1.29, 1.82) is 0 Å². The molecule has 0 aliphatic heterocycles. The second-order valence-electron chi connectivity index (χ2n) is 6.76. The third-order valence-corrected chi connectivity index (χ3v) is 11.2. The summed E-state index contributed by atoms with van der Waals surface area (Å²) in [6.45, 7) is 8.76. The number of carbonyl (C=O) groups is 1. The number of rotatable bonds is 10. The van der Waals surface area contributed by atoms with Crippen molar-refractivity contribution in [3.8, 4) is 11.5 Å². The molecule has 0 atom stereocenters. The summed E-state index contributed by atoms with van der Waals surface area (Å²) in [5, 5.41) is 29.7. The molecule has 0 aliphatic rings. The van der Waals surface area contributed by atoms with Crippen LogP contribution in [-0.4, -0.2) is 29.4 Å². The van der Waals surface area contributed by atoms with Crippen molar-refractivity contribution in [3.63, 3.8) is 0 Å². The molecule has 0 fully saturated rings. The van der Waals surface area contributed by atoms with E-state index in [4.69, 9.17) is 0 Å². The van der Waals surface area contributed by atoms with Crippen LogP contribution in [0.15, 0.2) is 6.07 Å². The van der Waals surface area contributed by atoms with E-state index in [1.807, 2.05) is 0 Å². The molecule has 0 amide bonds. The summed E-state index contributed by atoms with van der Waals surface area (Å²) in [5.41, 5.74) is 1.54. The van der Waals surface area contributed by atoms with E-state index >= 15 is 0 Å². The summed E-state index contributed by atoms with van der Waals surface area (Å²) in [6, 6.07) is 5.88. The van der Waals surface area contributed by atoms with Gasteiger partial charge in [0.05, 0.1) is 8.07 Å². The first-order valence-electron chi connectivity index (χ1n) is 9.15. The van der Waals surface area contributed by atoms with E-state index in [1.165, 1.54) is 0 Å². The van der Waals surface area contributed by atoms with Gasteiger partial charge in [-0.3, -0.25) is 0 Å². The number of phenols is 2. The first-order valence-corrected chi connectivity index (χ1v) is 12.0. The normalized spacial score (nSPS) is 11.7. The predicted octanol–water partition coefficient (Wildman–Crippen LogP) is 5.12. The number of unbranched alkanes of at least 4 members (excludes halogenated alkanes) is 2. The second-order valence-corrected chi connectivity index (χ2v) is 12.2. The Kier molecular flexibility index (Phi) is 7.80. The zero-order valence-electron chi connectivity index (χ0n) is 15.5. The smallest absolute Gasteiger partial charge is 0.339 e. The van der Waals surface area contributed by atoms with Crippen molar-refractivity contribution >= 4 is 14.0 Å². The van der Waals surface area contributed by atoms with Crippen LogP contribution in [0.4, 0.5) is 0 Å². The zero-order valence-corrected chi connectivity index (χ0v) is 16.5. The molecule has 1 aromatic rings. The van der Waals surface area contributed by atoms with Gasteiger partial charge in [0.25, 0.3) is 0 Å². The molecule has 0 aliphatic carbocycles. The summed E-state index contributed by atoms with van der Waals surface area (Å²) in [7, 11) is -1.52. The van der Waals surface area contributed by atoms with Crippen LogP contribution in [0.25, 0.3) is 0 Å². The summed E-state index contributed by atoms with van der Waals surface area (Å²) < 4.78 is 0. The Hall–Kier alpha value is -1.49. The van der Waals surface area contributed by atoms with Crippen molar-refractivity contribution in [2.24, 2.45) is 0 Å². The van der Waals surface area contributed by atoms with Crippen LogP contribution in [0.2, 0.25) is 18.1 Å². The topological polar surface area (TPSA) is 77.8 Å².